The van der Waals surface area contributed by atoms with Crippen molar-refractivity contribution in [3.8, 4) is 0 Å². The van der Waals surface area contributed by atoms with Crippen LogP contribution < -0.4 is 15.4 Å². The fourth-order valence-corrected chi connectivity index (χ4v) is 4.87. The summed E-state index contributed by atoms with van der Waals surface area (Å²) < 4.78 is 42.0. The van der Waals surface area contributed by atoms with E-state index in [0.717, 1.165) is 10.3 Å². The molecule has 1 heterocycles. The summed E-state index contributed by atoms with van der Waals surface area (Å²) in [4.78, 5) is 16.6. The monoisotopic (exact) mass is 456 g/mol. The van der Waals surface area contributed by atoms with Crippen LogP contribution in [0.4, 0.5) is 25.7 Å². The van der Waals surface area contributed by atoms with Gasteiger partial charge in [0.1, 0.15) is 5.82 Å². The van der Waals surface area contributed by atoms with Crippen LogP contribution >= 0.6 is 11.3 Å². The Morgan fingerprint density at radius 1 is 1.00 bits per heavy atom. The number of amides is 2. The highest BCUT2D eigenvalue weighted by molar-refractivity contribution is 7.93. The van der Waals surface area contributed by atoms with Gasteiger partial charge in [0.2, 0.25) is 0 Å². The number of anilines is 3. The van der Waals surface area contributed by atoms with Gasteiger partial charge >= 0.3 is 6.03 Å². The number of urea groups is 1. The number of rotatable bonds is 5. The van der Waals surface area contributed by atoms with E-state index in [1.807, 2.05) is 6.92 Å². The summed E-state index contributed by atoms with van der Waals surface area (Å²) in [5.74, 6) is -0.543. The van der Waals surface area contributed by atoms with Crippen molar-refractivity contribution < 1.29 is 17.6 Å². The molecule has 0 aliphatic carbocycles. The zero-order chi connectivity index (χ0) is 22.0. The number of nitrogens with zero attached hydrogens (tertiary/aromatic N) is 1. The van der Waals surface area contributed by atoms with Crippen LogP contribution in [0, 0.1) is 12.7 Å². The summed E-state index contributed by atoms with van der Waals surface area (Å²) in [7, 11) is -3.76. The summed E-state index contributed by atoms with van der Waals surface area (Å²) in [6.45, 7) is 1.87. The van der Waals surface area contributed by atoms with Crippen molar-refractivity contribution in [2.75, 3.05) is 15.4 Å². The van der Waals surface area contributed by atoms with Crippen molar-refractivity contribution in [3.63, 3.8) is 0 Å². The zero-order valence-corrected chi connectivity index (χ0v) is 17.9. The van der Waals surface area contributed by atoms with Gasteiger partial charge in [-0.25, -0.2) is 22.6 Å². The number of halogens is 1. The SMILES string of the molecule is Cc1ccc(S(=O)(=O)Nc2nc3cc(NC(=O)Nc4ccccc4F)ccc3s2)cc1. The highest BCUT2D eigenvalue weighted by Crippen LogP contribution is 2.29. The first-order valence-electron chi connectivity index (χ1n) is 9.13. The molecular weight excluding hydrogens is 439 g/mol. The number of carbonyl (C=O) groups is 1. The van der Waals surface area contributed by atoms with Gasteiger partial charge in [-0.05, 0) is 49.4 Å². The molecule has 0 bridgehead atoms. The average molecular weight is 457 g/mol. The van der Waals surface area contributed by atoms with Crippen molar-refractivity contribution in [2.24, 2.45) is 0 Å². The molecule has 2 amide bonds. The molecule has 1 aromatic heterocycles. The van der Waals surface area contributed by atoms with Crippen LogP contribution in [0.25, 0.3) is 10.2 Å². The van der Waals surface area contributed by atoms with E-state index in [9.17, 15) is 17.6 Å². The smallest absolute Gasteiger partial charge is 0.308 e. The summed E-state index contributed by atoms with van der Waals surface area (Å²) in [6, 6.07) is 16.7. The van der Waals surface area contributed by atoms with Crippen LogP contribution in [0.1, 0.15) is 5.56 Å². The quantitative estimate of drug-likeness (QED) is 0.385. The fraction of sp³-hybridized carbons (Fsp3) is 0.0476. The Bertz CT molecular complexity index is 1370. The molecule has 10 heteroatoms. The van der Waals surface area contributed by atoms with Crippen LogP contribution in [-0.2, 0) is 10.0 Å². The number of carbonyl (C=O) groups excluding carboxylic acids is 1. The highest BCUT2D eigenvalue weighted by Gasteiger charge is 2.17. The van der Waals surface area contributed by atoms with Gasteiger partial charge in [0.25, 0.3) is 10.0 Å². The molecule has 0 aliphatic rings. The Kier molecular flexibility index (Phi) is 5.57. The number of nitrogens with one attached hydrogen (secondary N) is 3. The molecule has 0 unspecified atom stereocenters. The Labute approximate surface area is 182 Å². The maximum Gasteiger partial charge on any atom is 0.323 e. The Balaban J connectivity index is 1.50. The van der Waals surface area contributed by atoms with Gasteiger partial charge in [0.05, 0.1) is 20.8 Å². The second-order valence-corrected chi connectivity index (χ2v) is 9.39. The van der Waals surface area contributed by atoms with Crippen LogP contribution in [-0.4, -0.2) is 19.4 Å². The molecule has 31 heavy (non-hydrogen) atoms. The number of sulfonamides is 1. The van der Waals surface area contributed by atoms with E-state index in [2.05, 4.69) is 20.3 Å². The summed E-state index contributed by atoms with van der Waals surface area (Å²) in [5, 5.41) is 5.25. The lowest BCUT2D eigenvalue weighted by atomic mass is 10.2. The van der Waals surface area contributed by atoms with Gasteiger partial charge in [-0.3, -0.25) is 4.72 Å². The Morgan fingerprint density at radius 3 is 2.48 bits per heavy atom. The number of fused-ring (bicyclic) bond motifs is 1. The first kappa shape index (κ1) is 20.8. The highest BCUT2D eigenvalue weighted by atomic mass is 32.2. The lowest BCUT2D eigenvalue weighted by Crippen LogP contribution is -2.20. The first-order chi connectivity index (χ1) is 14.8. The molecule has 0 fully saturated rings. The standard InChI is InChI=1S/C21H17FN4O3S2/c1-13-6-9-15(10-7-13)31(28,29)26-21-25-18-12-14(8-11-19(18)30-21)23-20(27)24-17-5-3-2-4-16(17)22/h2-12H,1H3,(H,25,26)(H2,23,24,27). The number of hydrogen-bond acceptors (Lipinski definition) is 5. The first-order valence-corrected chi connectivity index (χ1v) is 11.4. The average Bonchev–Trinajstić information content (AvgIpc) is 3.10. The third kappa shape index (κ3) is 4.81. The normalized spacial score (nSPS) is 11.3. The number of aryl methyl sites for hydroxylation is 1. The predicted octanol–water partition coefficient (Wildman–Crippen LogP) is 5.19. The number of benzene rings is 3. The van der Waals surface area contributed by atoms with Crippen molar-refractivity contribution >= 4 is 54.1 Å². The van der Waals surface area contributed by atoms with Gasteiger partial charge in [-0.2, -0.15) is 0 Å². The van der Waals surface area contributed by atoms with Crippen molar-refractivity contribution in [2.45, 2.75) is 11.8 Å². The van der Waals surface area contributed by atoms with Crippen LogP contribution in [0.15, 0.2) is 71.6 Å². The van der Waals surface area contributed by atoms with Crippen LogP contribution in [0.3, 0.4) is 0 Å². The molecule has 3 aromatic carbocycles. The van der Waals surface area contributed by atoms with Crippen molar-refractivity contribution in [1.82, 2.24) is 4.98 Å². The predicted molar refractivity (Wildman–Crippen MR) is 121 cm³/mol. The molecule has 0 atom stereocenters. The van der Waals surface area contributed by atoms with E-state index in [-0.39, 0.29) is 15.7 Å². The Hall–Kier alpha value is -3.50. The molecule has 0 saturated heterocycles. The van der Waals surface area contributed by atoms with E-state index in [4.69, 9.17) is 0 Å². The maximum atomic E-state index is 13.7. The molecule has 0 aliphatic heterocycles. The van der Waals surface area contributed by atoms with E-state index in [1.165, 1.54) is 41.7 Å². The number of hydrogen-bond donors (Lipinski definition) is 3. The molecule has 4 rings (SSSR count). The van der Waals surface area contributed by atoms with Crippen molar-refractivity contribution in [1.29, 1.82) is 0 Å². The third-order valence-electron chi connectivity index (χ3n) is 4.32. The topological polar surface area (TPSA) is 100 Å². The summed E-state index contributed by atoms with van der Waals surface area (Å²) >= 11 is 1.17. The van der Waals surface area contributed by atoms with Crippen LogP contribution in [0.5, 0.6) is 0 Å². The second kappa shape index (κ2) is 8.32. The molecule has 7 nitrogen and oxygen atoms in total. The van der Waals surface area contributed by atoms with Gasteiger partial charge in [0, 0.05) is 5.69 Å². The second-order valence-electron chi connectivity index (χ2n) is 6.68. The van der Waals surface area contributed by atoms with Crippen LogP contribution in [0.2, 0.25) is 0 Å². The lowest BCUT2D eigenvalue weighted by molar-refractivity contribution is 0.262. The molecule has 0 spiro atoms. The van der Waals surface area contributed by atoms with Crippen molar-refractivity contribution in [3.05, 3.63) is 78.1 Å². The molecule has 4 aromatic rings. The van der Waals surface area contributed by atoms with E-state index < -0.39 is 21.9 Å². The minimum atomic E-state index is -3.76. The molecule has 0 radical (unpaired) electrons. The summed E-state index contributed by atoms with van der Waals surface area (Å²) in [6.07, 6.45) is 0. The molecule has 3 N–H and O–H groups in total. The minimum absolute atomic E-state index is 0.0579. The number of para-hydroxylation sites is 1. The van der Waals surface area contributed by atoms with Gasteiger partial charge in [-0.15, -0.1) is 0 Å². The van der Waals surface area contributed by atoms with Gasteiger partial charge < -0.3 is 10.6 Å². The minimum Gasteiger partial charge on any atom is -0.308 e. The maximum absolute atomic E-state index is 13.7. The molecule has 0 saturated carbocycles. The number of aromatic nitrogens is 1. The molecule has 158 valence electrons. The van der Waals surface area contributed by atoms with E-state index in [1.54, 1.807) is 36.4 Å². The largest absolute Gasteiger partial charge is 0.323 e. The van der Waals surface area contributed by atoms with E-state index >= 15 is 0 Å². The third-order valence-corrected chi connectivity index (χ3v) is 6.76. The van der Waals surface area contributed by atoms with Gasteiger partial charge in [0.15, 0.2) is 5.13 Å². The van der Waals surface area contributed by atoms with E-state index in [0.29, 0.717) is 11.2 Å². The fourth-order valence-electron chi connectivity index (χ4n) is 2.79. The van der Waals surface area contributed by atoms with Gasteiger partial charge in [-0.1, -0.05) is 41.2 Å². The lowest BCUT2D eigenvalue weighted by Gasteiger charge is -2.08. The summed E-state index contributed by atoms with van der Waals surface area (Å²) in [5.41, 5.74) is 1.95. The number of thiazole rings is 1. The molecular formula is C21H17FN4O3S2. The Morgan fingerprint density at radius 2 is 1.74 bits per heavy atom. The zero-order valence-electron chi connectivity index (χ0n) is 16.2.